The van der Waals surface area contributed by atoms with Crippen LogP contribution in [0.5, 0.6) is 28.7 Å². The predicted octanol–water partition coefficient (Wildman–Crippen LogP) is 7.08. The highest BCUT2D eigenvalue weighted by molar-refractivity contribution is 9.10. The van der Waals surface area contributed by atoms with E-state index in [1.807, 2.05) is 47.0 Å². The largest absolute Gasteiger partial charge is 0.488 e. The van der Waals surface area contributed by atoms with Gasteiger partial charge in [0.15, 0.2) is 5.75 Å². The minimum absolute atomic E-state index is 0. The van der Waals surface area contributed by atoms with Crippen molar-refractivity contribution in [1.82, 2.24) is 14.7 Å². The Labute approximate surface area is 361 Å². The molecule has 0 unspecified atom stereocenters. The Morgan fingerprint density at radius 3 is 1.28 bits per heavy atom. The van der Waals surface area contributed by atoms with Gasteiger partial charge in [-0.1, -0.05) is 23.4 Å². The first-order valence-corrected chi connectivity index (χ1v) is 21.0. The van der Waals surface area contributed by atoms with Gasteiger partial charge in [0.1, 0.15) is 29.5 Å². The molecule has 0 amide bonds. The first kappa shape index (κ1) is 46.6. The van der Waals surface area contributed by atoms with Gasteiger partial charge in [0.2, 0.25) is 5.75 Å². The second-order valence-electron chi connectivity index (χ2n) is 16.6. The lowest BCUT2D eigenvalue weighted by Crippen LogP contribution is -2.51. The molecule has 3 N–H and O–H groups in total. The topological polar surface area (TPSA) is 188 Å². The smallest absolute Gasteiger partial charge is 0.311 e. The Bertz CT molecular complexity index is 1950. The van der Waals surface area contributed by atoms with Crippen molar-refractivity contribution in [2.75, 3.05) is 66.1 Å². The van der Waals surface area contributed by atoms with E-state index in [1.54, 1.807) is 12.1 Å². The molecule has 0 atom stereocenters. The SMILES string of the molecule is C.CN1CC(O)C1.Cc1cc(N)c(OC2CC2)cc1OC1CN(C)C1.Cc1cc([N+](=O)[O-])c(OC2CC2)cc1Br.Cc1cc([N+](=O)[O-])c(OC2CC2)cc1OC1CN(C)C1. The van der Waals surface area contributed by atoms with Crippen molar-refractivity contribution < 1.29 is 38.6 Å². The number of benzene rings is 3. The van der Waals surface area contributed by atoms with E-state index in [0.29, 0.717) is 35.1 Å². The van der Waals surface area contributed by atoms with Gasteiger partial charge in [-0.05, 0) is 103 Å². The monoisotopic (exact) mass is 900 g/mol. The fourth-order valence-corrected chi connectivity index (χ4v) is 6.70. The van der Waals surface area contributed by atoms with E-state index in [2.05, 4.69) is 37.7 Å². The second-order valence-corrected chi connectivity index (χ2v) is 17.4. The average molecular weight is 902 g/mol. The number of hydrogen-bond donors (Lipinski definition) is 2. The fraction of sp³-hybridized carbons (Fsp3) is 0.581. The zero-order valence-electron chi connectivity index (χ0n) is 34.7. The Hall–Kier alpha value is -4.42. The number of halogens is 1. The van der Waals surface area contributed by atoms with E-state index < -0.39 is 9.85 Å². The number of nitrogens with zero attached hydrogens (tertiary/aromatic N) is 5. The van der Waals surface area contributed by atoms with Crippen LogP contribution < -0.4 is 29.4 Å². The van der Waals surface area contributed by atoms with Crippen molar-refractivity contribution in [3.8, 4) is 28.7 Å². The summed E-state index contributed by atoms with van der Waals surface area (Å²) in [6.07, 6.45) is 7.26. The molecule has 6 fully saturated rings. The molecule has 3 saturated carbocycles. The maximum Gasteiger partial charge on any atom is 0.311 e. The highest BCUT2D eigenvalue weighted by atomic mass is 79.9. The van der Waals surface area contributed by atoms with Crippen LogP contribution in [0.4, 0.5) is 17.1 Å². The zero-order chi connectivity index (χ0) is 42.5. The van der Waals surface area contributed by atoms with Gasteiger partial charge >= 0.3 is 11.4 Å². The number of rotatable bonds is 12. The second kappa shape index (κ2) is 20.4. The Morgan fingerprint density at radius 2 is 0.917 bits per heavy atom. The quantitative estimate of drug-likeness (QED) is 0.107. The maximum absolute atomic E-state index is 11.1. The number of likely N-dealkylation sites (N-methyl/N-ethyl adjacent to an activating group) is 3. The van der Waals surface area contributed by atoms with Crippen LogP contribution in [0.15, 0.2) is 40.9 Å². The number of β-amino-alcohol motifs (C(OH)–C–C–N with tert-alkyl or cyclic N) is 1. The van der Waals surface area contributed by atoms with Crippen LogP contribution in [0.3, 0.4) is 0 Å². The van der Waals surface area contributed by atoms with Crippen LogP contribution in [0.1, 0.15) is 62.6 Å². The summed E-state index contributed by atoms with van der Waals surface area (Å²) in [6.45, 7) is 11.1. The minimum Gasteiger partial charge on any atom is -0.488 e. The Kier molecular flexibility index (Phi) is 15.9. The molecule has 3 aliphatic heterocycles. The number of nitro groups is 2. The van der Waals surface area contributed by atoms with Crippen LogP contribution in [0.25, 0.3) is 0 Å². The number of hydrogen-bond acceptors (Lipinski definition) is 14. The summed E-state index contributed by atoms with van der Waals surface area (Å²) in [5, 5.41) is 30.5. The van der Waals surface area contributed by atoms with Crippen molar-refractivity contribution in [2.45, 2.75) is 103 Å². The van der Waals surface area contributed by atoms with Crippen LogP contribution in [-0.2, 0) is 0 Å². The molecule has 3 heterocycles. The molecule has 0 radical (unpaired) electrons. The zero-order valence-corrected chi connectivity index (χ0v) is 36.3. The third-order valence-electron chi connectivity index (χ3n) is 10.3. The molecule has 60 heavy (non-hydrogen) atoms. The molecule has 3 aromatic rings. The van der Waals surface area contributed by atoms with Crippen molar-refractivity contribution in [1.29, 1.82) is 0 Å². The maximum atomic E-state index is 11.1. The average Bonchev–Trinajstić information content (AvgIpc) is 3.98. The van der Waals surface area contributed by atoms with Gasteiger partial charge in [-0.15, -0.1) is 0 Å². The van der Waals surface area contributed by atoms with E-state index in [9.17, 15) is 20.2 Å². The van der Waals surface area contributed by atoms with Gasteiger partial charge in [-0.3, -0.25) is 30.0 Å². The van der Waals surface area contributed by atoms with Gasteiger partial charge < -0.3 is 39.4 Å². The number of ether oxygens (including phenoxy) is 5. The summed E-state index contributed by atoms with van der Waals surface area (Å²) in [5.41, 5.74) is 9.43. The van der Waals surface area contributed by atoms with Crippen LogP contribution in [0.2, 0.25) is 0 Å². The standard InChI is InChI=1S/C14H18N2O4.C14H20N2O2.C10H10BrNO3.C4H9NO.CH4/c1-9-5-12(16(17)18)14(19-10-3-4-10)6-13(9)20-11-7-15(2)8-11;1-9-5-12(15)14(17-10-3-4-10)6-13(9)18-11-7-16(2)8-11;1-6-4-9(12(13)14)10(5-8(6)11)15-7-2-3-7;1-5-2-4(6)3-5;/h5-6,10-11H,3-4,7-8H2,1-2H3;5-6,10-11H,3-4,7-8,15H2,1-2H3;4-5,7H,2-3H2,1H3;4,6H,2-3H2,1H3;1H4. The van der Waals surface area contributed by atoms with E-state index in [0.717, 1.165) is 110 Å². The lowest BCUT2D eigenvalue weighted by molar-refractivity contribution is -0.386. The minimum atomic E-state index is -0.406. The number of aliphatic hydroxyl groups excluding tert-OH is 1. The lowest BCUT2D eigenvalue weighted by atomic mass is 10.1. The number of nitro benzene ring substituents is 2. The van der Waals surface area contributed by atoms with Crippen LogP contribution in [0, 0.1) is 41.0 Å². The molecule has 6 aliphatic rings. The van der Waals surface area contributed by atoms with Crippen molar-refractivity contribution in [3.05, 3.63) is 77.8 Å². The first-order chi connectivity index (χ1) is 28.0. The molecule has 9 rings (SSSR count). The van der Waals surface area contributed by atoms with Crippen molar-refractivity contribution >= 4 is 33.0 Å². The summed E-state index contributed by atoms with van der Waals surface area (Å²) >= 11 is 3.34. The number of nitrogen functional groups attached to an aromatic ring is 1. The third kappa shape index (κ3) is 13.5. The van der Waals surface area contributed by atoms with Gasteiger partial charge in [0.25, 0.3) is 0 Å². The summed E-state index contributed by atoms with van der Waals surface area (Å²) in [6, 6.07) is 10.3. The van der Waals surface area contributed by atoms with Gasteiger partial charge in [-0.2, -0.15) is 0 Å². The molecule has 3 saturated heterocycles. The number of anilines is 1. The van der Waals surface area contributed by atoms with Crippen molar-refractivity contribution in [3.63, 3.8) is 0 Å². The van der Waals surface area contributed by atoms with E-state index in [4.69, 9.17) is 34.5 Å². The Balaban J connectivity index is 0.000000159. The number of aliphatic hydroxyl groups is 1. The molecular formula is C43H61BrN6O10. The normalized spacial score (nSPS) is 19.1. The highest BCUT2D eigenvalue weighted by Crippen LogP contribution is 2.40. The highest BCUT2D eigenvalue weighted by Gasteiger charge is 2.32. The molecular weight excluding hydrogens is 840 g/mol. The molecule has 0 spiro atoms. The molecule has 3 aliphatic carbocycles. The first-order valence-electron chi connectivity index (χ1n) is 20.2. The molecule has 330 valence electrons. The van der Waals surface area contributed by atoms with E-state index in [1.165, 1.54) is 12.1 Å². The molecule has 0 bridgehead atoms. The lowest BCUT2D eigenvalue weighted by Gasteiger charge is -2.36. The number of aryl methyl sites for hydroxylation is 3. The molecule has 17 heteroatoms. The van der Waals surface area contributed by atoms with Gasteiger partial charge in [0.05, 0.1) is 39.9 Å². The molecule has 0 aromatic heterocycles. The number of nitrogens with two attached hydrogens (primary N) is 1. The summed E-state index contributed by atoms with van der Waals surface area (Å²) in [4.78, 5) is 27.6. The summed E-state index contributed by atoms with van der Waals surface area (Å²) in [5.74, 6) is 3.04. The molecule has 3 aromatic carbocycles. The number of likely N-dealkylation sites (tertiary alicyclic amines) is 3. The summed E-state index contributed by atoms with van der Waals surface area (Å²) < 4.78 is 29.6. The third-order valence-corrected chi connectivity index (χ3v) is 11.2. The van der Waals surface area contributed by atoms with Crippen LogP contribution in [-0.4, -0.2) is 127 Å². The summed E-state index contributed by atoms with van der Waals surface area (Å²) in [7, 11) is 6.12. The van der Waals surface area contributed by atoms with Gasteiger partial charge in [-0.25, -0.2) is 0 Å². The fourth-order valence-electron chi connectivity index (χ4n) is 6.38. The van der Waals surface area contributed by atoms with Crippen LogP contribution >= 0.6 is 15.9 Å². The van der Waals surface area contributed by atoms with Crippen molar-refractivity contribution in [2.24, 2.45) is 0 Å². The van der Waals surface area contributed by atoms with E-state index >= 15 is 0 Å². The predicted molar refractivity (Wildman–Crippen MR) is 234 cm³/mol. The molecule has 16 nitrogen and oxygen atoms in total. The Morgan fingerprint density at radius 1 is 0.567 bits per heavy atom. The van der Waals surface area contributed by atoms with Gasteiger partial charge in [0, 0.05) is 74.1 Å². The van der Waals surface area contributed by atoms with E-state index in [-0.39, 0.29) is 43.2 Å².